The summed E-state index contributed by atoms with van der Waals surface area (Å²) in [6.45, 7) is 0.327. The van der Waals surface area contributed by atoms with Crippen molar-refractivity contribution in [2.45, 2.75) is 19.3 Å². The van der Waals surface area contributed by atoms with Gasteiger partial charge in [0.2, 0.25) is 5.91 Å². The van der Waals surface area contributed by atoms with Crippen LogP contribution in [0.3, 0.4) is 0 Å². The van der Waals surface area contributed by atoms with Crippen LogP contribution in [0.5, 0.6) is 5.75 Å². The lowest BCUT2D eigenvalue weighted by molar-refractivity contribution is -0.144. The number of carbonyl (C=O) groups excluding carboxylic acids is 2. The number of hydrazine groups is 1. The van der Waals surface area contributed by atoms with E-state index in [-0.39, 0.29) is 12.5 Å². The van der Waals surface area contributed by atoms with Gasteiger partial charge in [-0.3, -0.25) is 20.0 Å². The first-order valence-electron chi connectivity index (χ1n) is 6.23. The van der Waals surface area contributed by atoms with E-state index in [0.717, 1.165) is 12.8 Å². The smallest absolute Gasteiger partial charge is 0.276 e. The zero-order valence-corrected chi connectivity index (χ0v) is 12.2. The second-order valence-corrected chi connectivity index (χ2v) is 5.30. The van der Waals surface area contributed by atoms with Gasteiger partial charge in [-0.05, 0) is 31.0 Å². The Hall–Kier alpha value is -1.46. The second-order valence-electron chi connectivity index (χ2n) is 4.43. The molecule has 1 aromatic carbocycles. The third-order valence-electron chi connectivity index (χ3n) is 2.79. The van der Waals surface area contributed by atoms with Gasteiger partial charge in [0.05, 0.1) is 0 Å². The molecule has 2 amide bonds. The number of hydrogen-bond donors (Lipinski definition) is 1. The first kappa shape index (κ1) is 14.9. The Morgan fingerprint density at radius 3 is 2.60 bits per heavy atom. The third kappa shape index (κ3) is 4.28. The second kappa shape index (κ2) is 6.81. The molecule has 0 aromatic heterocycles. The molecule has 1 heterocycles. The maximum absolute atomic E-state index is 11.7. The monoisotopic (exact) mass is 316 g/mol. The van der Waals surface area contributed by atoms with Crippen molar-refractivity contribution in [2.24, 2.45) is 0 Å². The molecule has 1 aliphatic rings. The highest BCUT2D eigenvalue weighted by atomic mass is 35.5. The number of amides is 2. The molecule has 1 fully saturated rings. The van der Waals surface area contributed by atoms with Crippen molar-refractivity contribution >= 4 is 35.0 Å². The summed E-state index contributed by atoms with van der Waals surface area (Å²) >= 11 is 11.6. The van der Waals surface area contributed by atoms with Crippen molar-refractivity contribution in [1.29, 1.82) is 0 Å². The molecular weight excluding hydrogens is 303 g/mol. The van der Waals surface area contributed by atoms with Crippen LogP contribution in [0.15, 0.2) is 18.2 Å². The van der Waals surface area contributed by atoms with Crippen LogP contribution in [0, 0.1) is 0 Å². The SMILES string of the molecule is O=C(COc1cc(Cl)cc(Cl)c1)NN1CCCCC1=O. The Balaban J connectivity index is 1.84. The minimum Gasteiger partial charge on any atom is -0.484 e. The van der Waals surface area contributed by atoms with Gasteiger partial charge in [0.1, 0.15) is 5.75 Å². The maximum atomic E-state index is 11.7. The minimum atomic E-state index is -0.392. The van der Waals surface area contributed by atoms with E-state index < -0.39 is 5.91 Å². The standard InChI is InChI=1S/C13H14Cl2N2O3/c14-9-5-10(15)7-11(6-9)20-8-12(18)16-17-4-2-1-3-13(17)19/h5-7H,1-4,8H2,(H,16,18). The molecule has 108 valence electrons. The molecule has 7 heteroatoms. The van der Waals surface area contributed by atoms with Crippen LogP contribution in [0.2, 0.25) is 10.0 Å². The quantitative estimate of drug-likeness (QED) is 0.928. The van der Waals surface area contributed by atoms with Gasteiger partial charge in [-0.25, -0.2) is 0 Å². The van der Waals surface area contributed by atoms with Crippen LogP contribution >= 0.6 is 23.2 Å². The first-order chi connectivity index (χ1) is 9.54. The Kier molecular flexibility index (Phi) is 5.09. The summed E-state index contributed by atoms with van der Waals surface area (Å²) in [5.41, 5.74) is 2.52. The van der Waals surface area contributed by atoms with Crippen LogP contribution in [0.25, 0.3) is 0 Å². The van der Waals surface area contributed by atoms with E-state index in [1.165, 1.54) is 5.01 Å². The summed E-state index contributed by atoms with van der Waals surface area (Å²) in [7, 11) is 0. The summed E-state index contributed by atoms with van der Waals surface area (Å²) in [5.74, 6) is -0.0608. The van der Waals surface area contributed by atoms with Gasteiger partial charge in [-0.1, -0.05) is 23.2 Å². The topological polar surface area (TPSA) is 58.6 Å². The van der Waals surface area contributed by atoms with E-state index in [1.807, 2.05) is 0 Å². The number of piperidine rings is 1. The number of carbonyl (C=O) groups is 2. The lowest BCUT2D eigenvalue weighted by atomic mass is 10.1. The Morgan fingerprint density at radius 2 is 1.95 bits per heavy atom. The molecule has 0 aliphatic carbocycles. The first-order valence-corrected chi connectivity index (χ1v) is 6.99. The van der Waals surface area contributed by atoms with Crippen molar-refractivity contribution in [1.82, 2.24) is 10.4 Å². The summed E-state index contributed by atoms with van der Waals surface area (Å²) in [4.78, 5) is 23.2. The molecule has 0 bridgehead atoms. The highest BCUT2D eigenvalue weighted by Gasteiger charge is 2.19. The number of nitrogens with one attached hydrogen (secondary N) is 1. The number of nitrogens with zero attached hydrogens (tertiary/aromatic N) is 1. The largest absolute Gasteiger partial charge is 0.484 e. The highest BCUT2D eigenvalue weighted by Crippen LogP contribution is 2.24. The summed E-state index contributed by atoms with van der Waals surface area (Å²) in [6.07, 6.45) is 2.21. The van der Waals surface area contributed by atoms with Crippen LogP contribution in [0.4, 0.5) is 0 Å². The lowest BCUT2D eigenvalue weighted by Crippen LogP contribution is -2.49. The fraction of sp³-hybridized carbons (Fsp3) is 0.385. The molecule has 0 radical (unpaired) electrons. The van der Waals surface area contributed by atoms with Crippen LogP contribution in [0.1, 0.15) is 19.3 Å². The molecule has 0 atom stereocenters. The van der Waals surface area contributed by atoms with Crippen molar-refractivity contribution in [3.63, 3.8) is 0 Å². The van der Waals surface area contributed by atoms with Gasteiger partial charge in [0.25, 0.3) is 5.91 Å². The van der Waals surface area contributed by atoms with E-state index in [4.69, 9.17) is 27.9 Å². The molecule has 0 saturated carbocycles. The summed E-state index contributed by atoms with van der Waals surface area (Å²) < 4.78 is 5.29. The van der Waals surface area contributed by atoms with Gasteiger partial charge in [-0.15, -0.1) is 0 Å². The molecule has 1 N–H and O–H groups in total. The molecule has 0 unspecified atom stereocenters. The van der Waals surface area contributed by atoms with E-state index >= 15 is 0 Å². The van der Waals surface area contributed by atoms with Crippen molar-refractivity contribution in [3.8, 4) is 5.75 Å². The average Bonchev–Trinajstić information content (AvgIpc) is 2.38. The van der Waals surface area contributed by atoms with Crippen LogP contribution in [-0.4, -0.2) is 30.0 Å². The number of benzene rings is 1. The number of hydrogen-bond acceptors (Lipinski definition) is 3. The van der Waals surface area contributed by atoms with E-state index in [0.29, 0.717) is 28.8 Å². The number of rotatable bonds is 4. The van der Waals surface area contributed by atoms with Gasteiger partial charge < -0.3 is 4.74 Å². The summed E-state index contributed by atoms with van der Waals surface area (Å²) in [6, 6.07) is 4.70. The van der Waals surface area contributed by atoms with E-state index in [1.54, 1.807) is 18.2 Å². The molecule has 1 saturated heterocycles. The van der Waals surface area contributed by atoms with Crippen LogP contribution in [-0.2, 0) is 9.59 Å². The number of halogens is 2. The normalized spacial score (nSPS) is 15.1. The predicted octanol–water partition coefficient (Wildman–Crippen LogP) is 2.42. The molecule has 20 heavy (non-hydrogen) atoms. The van der Waals surface area contributed by atoms with Crippen molar-refractivity contribution in [3.05, 3.63) is 28.2 Å². The number of ether oxygens (including phenoxy) is 1. The Morgan fingerprint density at radius 1 is 1.25 bits per heavy atom. The van der Waals surface area contributed by atoms with E-state index in [2.05, 4.69) is 5.43 Å². The Labute approximate surface area is 126 Å². The van der Waals surface area contributed by atoms with Crippen molar-refractivity contribution in [2.75, 3.05) is 13.2 Å². The lowest BCUT2D eigenvalue weighted by Gasteiger charge is -2.26. The molecule has 1 aliphatic heterocycles. The van der Waals surface area contributed by atoms with Gasteiger partial charge in [0, 0.05) is 23.0 Å². The Bertz CT molecular complexity index is 502. The van der Waals surface area contributed by atoms with Gasteiger partial charge in [-0.2, -0.15) is 0 Å². The van der Waals surface area contributed by atoms with Crippen LogP contribution < -0.4 is 10.2 Å². The molecule has 0 spiro atoms. The molecule has 2 rings (SSSR count). The fourth-order valence-corrected chi connectivity index (χ4v) is 2.37. The third-order valence-corrected chi connectivity index (χ3v) is 3.23. The molecular formula is C13H14Cl2N2O3. The molecule has 5 nitrogen and oxygen atoms in total. The fourth-order valence-electron chi connectivity index (χ4n) is 1.87. The predicted molar refractivity (Wildman–Crippen MR) is 75.7 cm³/mol. The maximum Gasteiger partial charge on any atom is 0.276 e. The average molecular weight is 317 g/mol. The minimum absolute atomic E-state index is 0.0737. The zero-order valence-electron chi connectivity index (χ0n) is 10.7. The highest BCUT2D eigenvalue weighted by molar-refractivity contribution is 6.34. The summed E-state index contributed by atoms with van der Waals surface area (Å²) in [5, 5.41) is 2.19. The van der Waals surface area contributed by atoms with Crippen molar-refractivity contribution < 1.29 is 14.3 Å². The van der Waals surface area contributed by atoms with Gasteiger partial charge in [0.15, 0.2) is 6.61 Å². The molecule has 1 aromatic rings. The van der Waals surface area contributed by atoms with E-state index in [9.17, 15) is 9.59 Å². The zero-order chi connectivity index (χ0) is 14.5. The van der Waals surface area contributed by atoms with Gasteiger partial charge >= 0.3 is 0 Å².